The van der Waals surface area contributed by atoms with Gasteiger partial charge in [-0.05, 0) is 19.1 Å². The lowest BCUT2D eigenvalue weighted by Gasteiger charge is -2.04. The van der Waals surface area contributed by atoms with Crippen molar-refractivity contribution in [2.24, 2.45) is 5.10 Å². The van der Waals surface area contributed by atoms with Crippen molar-refractivity contribution in [3.8, 4) is 16.5 Å². The van der Waals surface area contributed by atoms with Gasteiger partial charge in [0, 0.05) is 11.3 Å². The highest BCUT2D eigenvalue weighted by atomic mass is 32.1. The number of para-hydroxylation sites is 1. The molecule has 2 amide bonds. The summed E-state index contributed by atoms with van der Waals surface area (Å²) in [6.07, 6.45) is 0. The molecule has 3 aromatic rings. The van der Waals surface area contributed by atoms with Crippen LogP contribution in [0.25, 0.3) is 10.6 Å². The molecule has 25 heavy (non-hydrogen) atoms. The monoisotopic (exact) mass is 352 g/mol. The summed E-state index contributed by atoms with van der Waals surface area (Å²) in [5.41, 5.74) is 4.46. The van der Waals surface area contributed by atoms with Crippen molar-refractivity contribution in [3.63, 3.8) is 0 Å². The lowest BCUT2D eigenvalue weighted by Crippen LogP contribution is -2.25. The van der Waals surface area contributed by atoms with Crippen LogP contribution in [0.1, 0.15) is 11.8 Å². The molecule has 0 spiro atoms. The molecule has 6 nitrogen and oxygen atoms in total. The zero-order chi connectivity index (χ0) is 17.6. The average molecular weight is 352 g/mol. The summed E-state index contributed by atoms with van der Waals surface area (Å²) in [5, 5.41) is 17.4. The Morgan fingerprint density at radius 3 is 2.40 bits per heavy atom. The van der Waals surface area contributed by atoms with Crippen LogP contribution < -0.4 is 10.7 Å². The van der Waals surface area contributed by atoms with Gasteiger partial charge in [-0.25, -0.2) is 15.2 Å². The van der Waals surface area contributed by atoms with E-state index in [1.165, 1.54) is 11.3 Å². The fourth-order valence-corrected chi connectivity index (χ4v) is 3.03. The second-order valence-corrected chi connectivity index (χ2v) is 6.17. The first kappa shape index (κ1) is 16.7. The molecule has 0 unspecified atom stereocenters. The van der Waals surface area contributed by atoms with Crippen molar-refractivity contribution in [2.75, 3.05) is 5.32 Å². The number of aromatic nitrogens is 1. The number of thiazole rings is 1. The van der Waals surface area contributed by atoms with E-state index in [0.29, 0.717) is 21.3 Å². The van der Waals surface area contributed by atoms with Crippen LogP contribution in [0.2, 0.25) is 0 Å². The Hall–Kier alpha value is -3.19. The van der Waals surface area contributed by atoms with Crippen molar-refractivity contribution < 1.29 is 9.90 Å². The molecule has 2 aromatic carbocycles. The van der Waals surface area contributed by atoms with Gasteiger partial charge in [-0.2, -0.15) is 5.10 Å². The lowest BCUT2D eigenvalue weighted by molar-refractivity contribution is 0.252. The highest BCUT2D eigenvalue weighted by Gasteiger charge is 2.14. The van der Waals surface area contributed by atoms with Gasteiger partial charge < -0.3 is 10.4 Å². The number of aromatic hydroxyl groups is 1. The molecule has 0 atom stereocenters. The molecule has 0 aliphatic heterocycles. The topological polar surface area (TPSA) is 86.6 Å². The van der Waals surface area contributed by atoms with Crippen LogP contribution in [0.15, 0.2) is 65.8 Å². The molecule has 3 N–H and O–H groups in total. The van der Waals surface area contributed by atoms with E-state index in [1.807, 2.05) is 48.5 Å². The summed E-state index contributed by atoms with van der Waals surface area (Å²) < 4.78 is 0. The van der Waals surface area contributed by atoms with Crippen LogP contribution in [0.5, 0.6) is 5.88 Å². The average Bonchev–Trinajstić information content (AvgIpc) is 3.03. The number of carbonyl (C=O) groups excluding carboxylic acids is 1. The number of urea groups is 1. The highest BCUT2D eigenvalue weighted by molar-refractivity contribution is 7.17. The third kappa shape index (κ3) is 4.21. The molecule has 0 aliphatic carbocycles. The number of anilines is 1. The predicted molar refractivity (Wildman–Crippen MR) is 100 cm³/mol. The normalized spacial score (nSPS) is 11.2. The van der Waals surface area contributed by atoms with Crippen LogP contribution in [-0.4, -0.2) is 21.8 Å². The zero-order valence-corrected chi connectivity index (χ0v) is 14.2. The smallest absolute Gasteiger partial charge is 0.339 e. The first-order valence-electron chi connectivity index (χ1n) is 7.55. The van der Waals surface area contributed by atoms with Gasteiger partial charge in [0.05, 0.1) is 5.71 Å². The number of hydrazone groups is 1. The molecule has 1 heterocycles. The molecule has 0 aliphatic rings. The Bertz CT molecular complexity index is 892. The minimum Gasteiger partial charge on any atom is -0.492 e. The second-order valence-electron chi connectivity index (χ2n) is 5.17. The Balaban J connectivity index is 1.70. The van der Waals surface area contributed by atoms with E-state index in [1.54, 1.807) is 19.1 Å². The van der Waals surface area contributed by atoms with Crippen LogP contribution in [0.4, 0.5) is 10.5 Å². The standard InChI is InChI=1S/C18H16N4O2S/c1-12(21-22-18(24)19-14-10-6-3-7-11-14)15-16(23)20-17(25-15)13-8-4-2-5-9-13/h2-11,23H,1H3,(H2,19,22,24)/b21-12+. The van der Waals surface area contributed by atoms with Crippen molar-refractivity contribution in [2.45, 2.75) is 6.92 Å². The maximum Gasteiger partial charge on any atom is 0.339 e. The summed E-state index contributed by atoms with van der Waals surface area (Å²) in [7, 11) is 0. The van der Waals surface area contributed by atoms with E-state index < -0.39 is 6.03 Å². The van der Waals surface area contributed by atoms with Gasteiger partial charge in [0.25, 0.3) is 0 Å². The van der Waals surface area contributed by atoms with E-state index in [0.717, 1.165) is 5.56 Å². The fourth-order valence-electron chi connectivity index (χ4n) is 2.12. The number of hydrogen-bond donors (Lipinski definition) is 3. The molecule has 1 aromatic heterocycles. The number of benzene rings is 2. The Morgan fingerprint density at radius 1 is 1.08 bits per heavy atom. The number of hydrogen-bond acceptors (Lipinski definition) is 5. The number of carbonyl (C=O) groups is 1. The molecule has 7 heteroatoms. The number of nitrogens with zero attached hydrogens (tertiary/aromatic N) is 2. The summed E-state index contributed by atoms with van der Waals surface area (Å²) in [6, 6.07) is 18.2. The maximum atomic E-state index is 11.9. The molecular weight excluding hydrogens is 336 g/mol. The largest absolute Gasteiger partial charge is 0.492 e. The van der Waals surface area contributed by atoms with Crippen LogP contribution in [-0.2, 0) is 0 Å². The molecule has 0 bridgehead atoms. The highest BCUT2D eigenvalue weighted by Crippen LogP contribution is 2.31. The maximum absolute atomic E-state index is 11.9. The van der Waals surface area contributed by atoms with Crippen molar-refractivity contribution in [1.29, 1.82) is 0 Å². The molecule has 0 fully saturated rings. The van der Waals surface area contributed by atoms with E-state index >= 15 is 0 Å². The van der Waals surface area contributed by atoms with Gasteiger partial charge in [0.1, 0.15) is 9.88 Å². The first-order chi connectivity index (χ1) is 12.1. The molecule has 0 saturated heterocycles. The van der Waals surface area contributed by atoms with Crippen LogP contribution in [0, 0.1) is 0 Å². The second kappa shape index (κ2) is 7.59. The van der Waals surface area contributed by atoms with Crippen molar-refractivity contribution in [1.82, 2.24) is 10.4 Å². The SMILES string of the molecule is C/C(=N\NC(=O)Nc1ccccc1)c1sc(-c2ccccc2)nc1O. The van der Waals surface area contributed by atoms with Gasteiger partial charge in [-0.15, -0.1) is 11.3 Å². The van der Waals surface area contributed by atoms with Gasteiger partial charge in [-0.3, -0.25) is 0 Å². The van der Waals surface area contributed by atoms with E-state index in [2.05, 4.69) is 20.8 Å². The van der Waals surface area contributed by atoms with Gasteiger partial charge in [-0.1, -0.05) is 48.5 Å². The van der Waals surface area contributed by atoms with Crippen LogP contribution >= 0.6 is 11.3 Å². The van der Waals surface area contributed by atoms with Crippen molar-refractivity contribution in [3.05, 3.63) is 65.5 Å². The lowest BCUT2D eigenvalue weighted by atomic mass is 10.2. The minimum atomic E-state index is -0.460. The molecule has 3 rings (SSSR count). The van der Waals surface area contributed by atoms with Gasteiger partial charge in [0.2, 0.25) is 5.88 Å². The molecular formula is C18H16N4O2S. The Kier molecular flexibility index (Phi) is 5.06. The third-order valence-corrected chi connectivity index (χ3v) is 4.52. The summed E-state index contributed by atoms with van der Waals surface area (Å²) in [4.78, 5) is 16.5. The van der Waals surface area contributed by atoms with Crippen molar-refractivity contribution >= 4 is 28.8 Å². The third-order valence-electron chi connectivity index (χ3n) is 3.32. The summed E-state index contributed by atoms with van der Waals surface area (Å²) in [5.74, 6) is -0.102. The van der Waals surface area contributed by atoms with E-state index in [4.69, 9.17) is 0 Å². The predicted octanol–water partition coefficient (Wildman–Crippen LogP) is 4.06. The zero-order valence-electron chi connectivity index (χ0n) is 13.4. The molecule has 0 saturated carbocycles. The quantitative estimate of drug-likeness (QED) is 0.489. The van der Waals surface area contributed by atoms with Crippen LogP contribution in [0.3, 0.4) is 0 Å². The summed E-state index contributed by atoms with van der Waals surface area (Å²) in [6.45, 7) is 1.70. The molecule has 126 valence electrons. The first-order valence-corrected chi connectivity index (χ1v) is 8.37. The molecule has 0 radical (unpaired) electrons. The Labute approximate surface area is 148 Å². The van der Waals surface area contributed by atoms with E-state index in [-0.39, 0.29) is 5.88 Å². The number of nitrogens with one attached hydrogen (secondary N) is 2. The minimum absolute atomic E-state index is 0.102. The summed E-state index contributed by atoms with van der Waals surface area (Å²) >= 11 is 1.31. The number of rotatable bonds is 4. The fraction of sp³-hybridized carbons (Fsp3) is 0.0556. The van der Waals surface area contributed by atoms with E-state index in [9.17, 15) is 9.90 Å². The number of amides is 2. The van der Waals surface area contributed by atoms with Gasteiger partial charge >= 0.3 is 6.03 Å². The van der Waals surface area contributed by atoms with Gasteiger partial charge in [0.15, 0.2) is 0 Å². The Morgan fingerprint density at radius 2 is 1.72 bits per heavy atom.